The van der Waals surface area contributed by atoms with Gasteiger partial charge in [0.2, 0.25) is 0 Å². The zero-order valence-corrected chi connectivity index (χ0v) is 20.6. The summed E-state index contributed by atoms with van der Waals surface area (Å²) in [5.41, 5.74) is 2.96. The fourth-order valence-electron chi connectivity index (χ4n) is 3.23. The Balaban J connectivity index is 1.66. The molecular formula is C27H37NO5. The van der Waals surface area contributed by atoms with Crippen molar-refractivity contribution in [2.75, 3.05) is 33.5 Å². The van der Waals surface area contributed by atoms with Gasteiger partial charge in [-0.1, -0.05) is 23.4 Å². The van der Waals surface area contributed by atoms with Crippen LogP contribution >= 0.6 is 0 Å². The van der Waals surface area contributed by atoms with Crippen molar-refractivity contribution in [3.05, 3.63) is 59.7 Å². The van der Waals surface area contributed by atoms with Gasteiger partial charge in [0.15, 0.2) is 0 Å². The van der Waals surface area contributed by atoms with Gasteiger partial charge >= 0.3 is 0 Å². The summed E-state index contributed by atoms with van der Waals surface area (Å²) in [6.07, 6.45) is 6.94. The summed E-state index contributed by atoms with van der Waals surface area (Å²) < 4.78 is 23.3. The first-order chi connectivity index (χ1) is 16.0. The molecule has 0 heterocycles. The summed E-state index contributed by atoms with van der Waals surface area (Å²) in [5, 5.41) is 3.84. The predicted octanol–water partition coefficient (Wildman–Crippen LogP) is 6.29. The average molecular weight is 456 g/mol. The number of unbranched alkanes of at least 4 members (excludes halogenated alkanes) is 2. The minimum absolute atomic E-state index is 0.377. The lowest BCUT2D eigenvalue weighted by atomic mass is 10.1. The Labute approximate surface area is 198 Å². The highest BCUT2D eigenvalue weighted by atomic mass is 16.6. The van der Waals surface area contributed by atoms with Crippen LogP contribution in [0.15, 0.2) is 53.7 Å². The van der Waals surface area contributed by atoms with E-state index in [1.54, 1.807) is 0 Å². The van der Waals surface area contributed by atoms with Crippen molar-refractivity contribution >= 4 is 5.71 Å². The van der Waals surface area contributed by atoms with Gasteiger partial charge in [0.05, 0.1) is 18.9 Å². The topological polar surface area (TPSA) is 58.5 Å². The van der Waals surface area contributed by atoms with Crippen molar-refractivity contribution in [1.29, 1.82) is 0 Å². The van der Waals surface area contributed by atoms with Crippen LogP contribution < -0.4 is 18.9 Å². The second-order valence-corrected chi connectivity index (χ2v) is 7.80. The normalized spacial score (nSPS) is 11.5. The Morgan fingerprint density at radius 1 is 0.848 bits per heavy atom. The van der Waals surface area contributed by atoms with Crippen LogP contribution in [0.25, 0.3) is 0 Å². The van der Waals surface area contributed by atoms with E-state index >= 15 is 0 Å². The van der Waals surface area contributed by atoms with Crippen LogP contribution in [0.4, 0.5) is 0 Å². The Kier molecular flexibility index (Phi) is 11.7. The van der Waals surface area contributed by atoms with Crippen LogP contribution in [0, 0.1) is 13.8 Å². The molecule has 0 saturated heterocycles. The molecule has 0 atom stereocenters. The first-order valence-corrected chi connectivity index (χ1v) is 11.4. The molecule has 2 aromatic carbocycles. The van der Waals surface area contributed by atoms with E-state index in [-0.39, 0.29) is 0 Å². The van der Waals surface area contributed by atoms with Crippen molar-refractivity contribution in [3.8, 4) is 23.0 Å². The standard InChI is InChI=1S/C27H37NO5/c1-6-7-14-31-26-17-21(2)27(22(3)18-26)32-16-10-8-9-15-30-24-12-11-13-25(19-24)33-20-23(4)28-29-5/h6-7,11-13,17-19H,8-10,14-16,20H2,1-5H3/b7-6+,28-23+. The number of hydrogen-bond acceptors (Lipinski definition) is 6. The minimum atomic E-state index is 0.377. The molecular weight excluding hydrogens is 418 g/mol. The number of rotatable bonds is 15. The average Bonchev–Trinajstić information content (AvgIpc) is 2.79. The lowest BCUT2D eigenvalue weighted by Crippen LogP contribution is -2.08. The van der Waals surface area contributed by atoms with Crippen LogP contribution in [0.2, 0.25) is 0 Å². The fourth-order valence-corrected chi connectivity index (χ4v) is 3.23. The zero-order valence-electron chi connectivity index (χ0n) is 20.6. The van der Waals surface area contributed by atoms with Gasteiger partial charge in [0, 0.05) is 6.07 Å². The first kappa shape index (κ1) is 26.1. The molecule has 33 heavy (non-hydrogen) atoms. The van der Waals surface area contributed by atoms with Crippen LogP contribution in [0.5, 0.6) is 23.0 Å². The smallest absolute Gasteiger partial charge is 0.129 e. The first-order valence-electron chi connectivity index (χ1n) is 11.4. The predicted molar refractivity (Wildman–Crippen MR) is 133 cm³/mol. The van der Waals surface area contributed by atoms with E-state index in [9.17, 15) is 0 Å². The quantitative estimate of drug-likeness (QED) is 0.137. The van der Waals surface area contributed by atoms with Crippen molar-refractivity contribution in [2.45, 2.75) is 47.0 Å². The lowest BCUT2D eigenvalue weighted by molar-refractivity contribution is 0.209. The van der Waals surface area contributed by atoms with E-state index in [2.05, 4.69) is 19.0 Å². The van der Waals surface area contributed by atoms with E-state index < -0.39 is 0 Å². The summed E-state index contributed by atoms with van der Waals surface area (Å²) in [6.45, 7) is 10.3. The minimum Gasteiger partial charge on any atom is -0.493 e. The molecule has 0 spiro atoms. The molecule has 2 rings (SSSR count). The molecule has 6 nitrogen and oxygen atoms in total. The van der Waals surface area contributed by atoms with Gasteiger partial charge in [-0.25, -0.2) is 0 Å². The van der Waals surface area contributed by atoms with Gasteiger partial charge in [-0.05, 0) is 82.3 Å². The summed E-state index contributed by atoms with van der Waals surface area (Å²) in [6, 6.07) is 11.7. The Bertz CT molecular complexity index is 884. The number of hydrogen-bond donors (Lipinski definition) is 0. The number of nitrogens with zero attached hydrogens (tertiary/aromatic N) is 1. The molecule has 0 fully saturated rings. The second-order valence-electron chi connectivity index (χ2n) is 7.80. The Morgan fingerprint density at radius 2 is 1.52 bits per heavy atom. The largest absolute Gasteiger partial charge is 0.493 e. The highest BCUT2D eigenvalue weighted by Crippen LogP contribution is 2.28. The lowest BCUT2D eigenvalue weighted by Gasteiger charge is -2.14. The van der Waals surface area contributed by atoms with Gasteiger partial charge in [0.25, 0.3) is 0 Å². The molecule has 0 bridgehead atoms. The molecule has 0 N–H and O–H groups in total. The van der Waals surface area contributed by atoms with Crippen molar-refractivity contribution in [1.82, 2.24) is 0 Å². The number of allylic oxidation sites excluding steroid dienone is 1. The van der Waals surface area contributed by atoms with Gasteiger partial charge in [-0.2, -0.15) is 0 Å². The van der Waals surface area contributed by atoms with Crippen LogP contribution in [-0.4, -0.2) is 39.2 Å². The third-order valence-corrected chi connectivity index (χ3v) is 4.82. The summed E-state index contributed by atoms with van der Waals surface area (Å²) in [4.78, 5) is 4.73. The summed E-state index contributed by atoms with van der Waals surface area (Å²) >= 11 is 0. The molecule has 0 saturated carbocycles. The van der Waals surface area contributed by atoms with Crippen molar-refractivity contribution < 1.29 is 23.8 Å². The third-order valence-electron chi connectivity index (χ3n) is 4.82. The third kappa shape index (κ3) is 9.89. The molecule has 2 aromatic rings. The van der Waals surface area contributed by atoms with Gasteiger partial charge in [0.1, 0.15) is 43.3 Å². The van der Waals surface area contributed by atoms with Crippen molar-refractivity contribution in [3.63, 3.8) is 0 Å². The molecule has 0 aliphatic heterocycles. The van der Waals surface area contributed by atoms with E-state index in [0.717, 1.165) is 59.1 Å². The summed E-state index contributed by atoms with van der Waals surface area (Å²) in [5.74, 6) is 3.37. The second kappa shape index (κ2) is 14.8. The number of benzene rings is 2. The van der Waals surface area contributed by atoms with E-state index in [1.807, 2.05) is 62.4 Å². The molecule has 0 unspecified atom stereocenters. The molecule has 6 heteroatoms. The van der Waals surface area contributed by atoms with E-state index in [4.69, 9.17) is 23.8 Å². The fraction of sp³-hybridized carbons (Fsp3) is 0.444. The maximum absolute atomic E-state index is 6.05. The Hall–Kier alpha value is -3.15. The maximum atomic E-state index is 6.05. The van der Waals surface area contributed by atoms with Crippen LogP contribution in [0.1, 0.15) is 44.2 Å². The molecule has 0 aliphatic rings. The molecule has 0 radical (unpaired) electrons. The molecule has 0 aliphatic carbocycles. The highest BCUT2D eigenvalue weighted by molar-refractivity contribution is 5.82. The summed E-state index contributed by atoms with van der Waals surface area (Å²) in [7, 11) is 1.52. The molecule has 180 valence electrons. The SMILES string of the molecule is C/C=C/COc1cc(C)c(OCCCCCOc2cccc(OC/C(C)=N/OC)c2)c(C)c1. The van der Waals surface area contributed by atoms with Crippen LogP contribution in [-0.2, 0) is 4.84 Å². The van der Waals surface area contributed by atoms with E-state index in [1.165, 1.54) is 7.11 Å². The zero-order chi connectivity index (χ0) is 23.9. The van der Waals surface area contributed by atoms with Gasteiger partial charge in [-0.15, -0.1) is 0 Å². The molecule has 0 aromatic heterocycles. The number of oxime groups is 1. The van der Waals surface area contributed by atoms with Crippen molar-refractivity contribution in [2.24, 2.45) is 5.16 Å². The van der Waals surface area contributed by atoms with Gasteiger partial charge < -0.3 is 23.8 Å². The van der Waals surface area contributed by atoms with Crippen LogP contribution in [0.3, 0.4) is 0 Å². The van der Waals surface area contributed by atoms with Gasteiger partial charge in [-0.3, -0.25) is 0 Å². The highest BCUT2D eigenvalue weighted by Gasteiger charge is 2.07. The number of aryl methyl sites for hydroxylation is 2. The number of ether oxygens (including phenoxy) is 4. The Morgan fingerprint density at radius 3 is 2.18 bits per heavy atom. The molecule has 0 amide bonds. The maximum Gasteiger partial charge on any atom is 0.129 e. The monoisotopic (exact) mass is 455 g/mol. The van der Waals surface area contributed by atoms with E-state index in [0.29, 0.717) is 26.4 Å².